The number of hydrogen-bond acceptors (Lipinski definition) is 2. The van der Waals surface area contributed by atoms with Gasteiger partial charge in [-0.2, -0.15) is 18.0 Å². The molecular weight excluding hydrogens is 384 g/mol. The highest BCUT2D eigenvalue weighted by atomic mass is 31.1. The molecule has 158 valence electrons. The minimum atomic E-state index is -4.53. The second-order valence-corrected chi connectivity index (χ2v) is 9.82. The van der Waals surface area contributed by atoms with Crippen LogP contribution in [0, 0.1) is 0 Å². The Kier molecular flexibility index (Phi) is 8.83. The quantitative estimate of drug-likeness (QED) is 0.218. The van der Waals surface area contributed by atoms with E-state index >= 15 is 0 Å². The van der Waals surface area contributed by atoms with E-state index in [0.29, 0.717) is 0 Å². The Bertz CT molecular complexity index is 659. The molecule has 8 heteroatoms. The van der Waals surface area contributed by atoms with Crippen LogP contribution in [0.25, 0.3) is 5.53 Å². The van der Waals surface area contributed by atoms with Gasteiger partial charge < -0.3 is 5.53 Å². The SMILES string of the molecule is CC(C)N(C(C)C)P(C(=[N+]=[N-])c1ccccc1C(F)(F)F)N(C(C)C)C(C)C. The lowest BCUT2D eigenvalue weighted by atomic mass is 10.1. The second kappa shape index (κ2) is 9.98. The summed E-state index contributed by atoms with van der Waals surface area (Å²) >= 11 is 0. The summed E-state index contributed by atoms with van der Waals surface area (Å²) in [6.07, 6.45) is -4.53. The summed E-state index contributed by atoms with van der Waals surface area (Å²) in [5.74, 6) is 0. The van der Waals surface area contributed by atoms with Gasteiger partial charge in [0.25, 0.3) is 0 Å². The van der Waals surface area contributed by atoms with E-state index in [9.17, 15) is 18.7 Å². The van der Waals surface area contributed by atoms with E-state index in [-0.39, 0.29) is 35.2 Å². The molecule has 0 fully saturated rings. The number of benzene rings is 1. The molecule has 0 radical (unpaired) electrons. The van der Waals surface area contributed by atoms with Gasteiger partial charge in [0.1, 0.15) is 0 Å². The maximum Gasteiger partial charge on any atom is 0.417 e. The fraction of sp³-hybridized carbons (Fsp3) is 0.650. The average Bonchev–Trinajstić information content (AvgIpc) is 2.53. The Hall–Kier alpha value is -1.26. The number of alkyl halides is 3. The van der Waals surface area contributed by atoms with Gasteiger partial charge in [-0.3, -0.25) is 9.34 Å². The summed E-state index contributed by atoms with van der Waals surface area (Å²) in [4.78, 5) is 3.47. The van der Waals surface area contributed by atoms with Crippen LogP contribution < -0.4 is 0 Å². The van der Waals surface area contributed by atoms with Gasteiger partial charge in [-0.05, 0) is 67.5 Å². The molecule has 0 spiro atoms. The summed E-state index contributed by atoms with van der Waals surface area (Å²) in [7, 11) is -1.48. The van der Waals surface area contributed by atoms with E-state index in [1.54, 1.807) is 6.07 Å². The third kappa shape index (κ3) is 5.64. The lowest BCUT2D eigenvalue weighted by molar-refractivity contribution is -0.138. The molecule has 0 aliphatic heterocycles. The third-order valence-electron chi connectivity index (χ3n) is 4.31. The van der Waals surface area contributed by atoms with Crippen molar-refractivity contribution in [3.63, 3.8) is 0 Å². The lowest BCUT2D eigenvalue weighted by Crippen LogP contribution is -2.45. The number of halogens is 3. The van der Waals surface area contributed by atoms with E-state index in [0.717, 1.165) is 6.07 Å². The van der Waals surface area contributed by atoms with Crippen molar-refractivity contribution in [1.82, 2.24) is 9.34 Å². The number of hydrogen-bond donors (Lipinski definition) is 0. The molecule has 4 nitrogen and oxygen atoms in total. The largest absolute Gasteiger partial charge is 0.417 e. The topological polar surface area (TPSA) is 42.9 Å². The molecule has 0 N–H and O–H groups in total. The van der Waals surface area contributed by atoms with Crippen molar-refractivity contribution in [2.45, 2.75) is 85.7 Å². The van der Waals surface area contributed by atoms with E-state index < -0.39 is 20.0 Å². The second-order valence-electron chi connectivity index (χ2n) is 7.89. The summed E-state index contributed by atoms with van der Waals surface area (Å²) in [5, 5.41) is 0. The van der Waals surface area contributed by atoms with E-state index in [1.807, 2.05) is 55.4 Å². The first-order valence-corrected chi connectivity index (χ1v) is 10.8. The predicted molar refractivity (Wildman–Crippen MR) is 110 cm³/mol. The van der Waals surface area contributed by atoms with Crippen molar-refractivity contribution < 1.29 is 18.0 Å². The molecule has 1 aromatic carbocycles. The molecule has 0 heterocycles. The molecule has 0 aliphatic carbocycles. The summed E-state index contributed by atoms with van der Waals surface area (Å²) in [5.41, 5.74) is 9.17. The Morgan fingerprint density at radius 2 is 1.25 bits per heavy atom. The van der Waals surface area contributed by atoms with Crippen molar-refractivity contribution >= 4 is 13.7 Å². The van der Waals surface area contributed by atoms with Crippen LogP contribution in [-0.4, -0.2) is 43.8 Å². The Morgan fingerprint density at radius 3 is 1.57 bits per heavy atom. The Labute approximate surface area is 168 Å². The van der Waals surface area contributed by atoms with E-state index in [4.69, 9.17) is 0 Å². The van der Waals surface area contributed by atoms with Gasteiger partial charge in [-0.15, -0.1) is 0 Å². The van der Waals surface area contributed by atoms with Crippen LogP contribution in [0.4, 0.5) is 13.2 Å². The molecule has 0 atom stereocenters. The highest BCUT2D eigenvalue weighted by Gasteiger charge is 2.45. The summed E-state index contributed by atoms with van der Waals surface area (Å²) in [6.45, 7) is 16.1. The molecule has 0 amide bonds. The average molecular weight is 416 g/mol. The Morgan fingerprint density at radius 1 is 0.857 bits per heavy atom. The zero-order valence-electron chi connectivity index (χ0n) is 18.0. The van der Waals surface area contributed by atoms with Gasteiger partial charge in [-0.25, -0.2) is 0 Å². The van der Waals surface area contributed by atoms with Crippen LogP contribution in [0.1, 0.15) is 66.5 Å². The molecule has 28 heavy (non-hydrogen) atoms. The number of rotatable bonds is 8. The monoisotopic (exact) mass is 416 g/mol. The maximum absolute atomic E-state index is 13.7. The van der Waals surface area contributed by atoms with E-state index in [2.05, 4.69) is 14.1 Å². The fourth-order valence-electron chi connectivity index (χ4n) is 3.53. The van der Waals surface area contributed by atoms with Crippen molar-refractivity contribution in [1.29, 1.82) is 0 Å². The fourth-order valence-corrected chi connectivity index (χ4v) is 6.45. The third-order valence-corrected chi connectivity index (χ3v) is 7.74. The lowest BCUT2D eigenvalue weighted by Gasteiger charge is -2.44. The highest BCUT2D eigenvalue weighted by Crippen LogP contribution is 2.53. The minimum Gasteiger partial charge on any atom is -0.361 e. The van der Waals surface area contributed by atoms with Crippen LogP contribution in [-0.2, 0) is 6.18 Å². The van der Waals surface area contributed by atoms with Gasteiger partial charge in [0.05, 0.1) is 11.1 Å². The number of nitrogens with zero attached hydrogens (tertiary/aromatic N) is 4. The molecule has 0 saturated heterocycles. The zero-order valence-corrected chi connectivity index (χ0v) is 18.9. The molecule has 0 unspecified atom stereocenters. The first-order chi connectivity index (χ1) is 12.8. The van der Waals surface area contributed by atoms with Gasteiger partial charge in [-0.1, -0.05) is 12.1 Å². The summed E-state index contributed by atoms with van der Waals surface area (Å²) < 4.78 is 45.4. The van der Waals surface area contributed by atoms with Crippen LogP contribution in [0.5, 0.6) is 0 Å². The normalized spacial score (nSPS) is 12.9. The van der Waals surface area contributed by atoms with Crippen molar-refractivity contribution in [3.05, 3.63) is 40.9 Å². The van der Waals surface area contributed by atoms with Gasteiger partial charge in [0, 0.05) is 24.2 Å². The van der Waals surface area contributed by atoms with Crippen LogP contribution in [0.2, 0.25) is 0 Å². The standard InChI is InChI=1S/C20H32F3N4P/c1-13(2)26(14(3)4)28(27(15(5)6)16(7)8)19(25-24)17-11-9-10-12-18(17)20(21,22)23/h9-16H,1-8H3. The van der Waals surface area contributed by atoms with E-state index in [1.165, 1.54) is 12.1 Å². The van der Waals surface area contributed by atoms with Crippen LogP contribution >= 0.6 is 8.22 Å². The van der Waals surface area contributed by atoms with Gasteiger partial charge in [0.15, 0.2) is 8.22 Å². The highest BCUT2D eigenvalue weighted by molar-refractivity contribution is 7.71. The molecule has 1 aromatic rings. The first kappa shape index (κ1) is 24.8. The molecule has 0 saturated carbocycles. The van der Waals surface area contributed by atoms with Crippen molar-refractivity contribution in [3.8, 4) is 0 Å². The van der Waals surface area contributed by atoms with Crippen LogP contribution in [0.3, 0.4) is 0 Å². The van der Waals surface area contributed by atoms with Gasteiger partial charge in [0.2, 0.25) is 0 Å². The predicted octanol–water partition coefficient (Wildman–Crippen LogP) is 6.23. The van der Waals surface area contributed by atoms with Crippen molar-refractivity contribution in [2.75, 3.05) is 0 Å². The molecule has 1 rings (SSSR count). The molecule has 0 aromatic heterocycles. The van der Waals surface area contributed by atoms with Crippen molar-refractivity contribution in [2.24, 2.45) is 0 Å². The van der Waals surface area contributed by atoms with Crippen LogP contribution in [0.15, 0.2) is 24.3 Å². The maximum atomic E-state index is 13.7. The Balaban J connectivity index is 3.80. The minimum absolute atomic E-state index is 0.0564. The molecular formula is C20H32F3N4P. The molecule has 0 bridgehead atoms. The zero-order chi connectivity index (χ0) is 21.8. The van der Waals surface area contributed by atoms with Gasteiger partial charge >= 0.3 is 11.6 Å². The first-order valence-electron chi connectivity index (χ1n) is 9.59. The molecule has 0 aliphatic rings. The smallest absolute Gasteiger partial charge is 0.361 e. The summed E-state index contributed by atoms with van der Waals surface area (Å²) in [6, 6.07) is 5.56.